The van der Waals surface area contributed by atoms with E-state index >= 15 is 0 Å². The summed E-state index contributed by atoms with van der Waals surface area (Å²) in [4.78, 5) is 37.6. The topological polar surface area (TPSA) is 86.2 Å². The molecule has 0 bridgehead atoms. The standard InChI is InChI=1S/C23H25FN2O2.CO2/c1-23(2,3)28-21(27)14-7-6-13-20-22(16-9-8-10-17(24)15-16)26-19-12-5-4-11-18(19)25-20;2-1-3/h4-5,8-12,15H,6-7,13-14H2,1-3H3;. The number of unbranched alkanes of at least 4 members (excludes halogenated alkanes) is 1. The number of halogens is 1. The van der Waals surface area contributed by atoms with Gasteiger partial charge < -0.3 is 4.74 Å². The van der Waals surface area contributed by atoms with Gasteiger partial charge in [-0.05, 0) is 64.3 Å². The van der Waals surface area contributed by atoms with E-state index in [9.17, 15) is 9.18 Å². The molecule has 0 N–H and O–H groups in total. The van der Waals surface area contributed by atoms with Crippen molar-refractivity contribution in [1.29, 1.82) is 0 Å². The van der Waals surface area contributed by atoms with E-state index in [1.165, 1.54) is 12.1 Å². The average Bonchev–Trinajstić information content (AvgIpc) is 2.70. The van der Waals surface area contributed by atoms with Crippen molar-refractivity contribution in [3.8, 4) is 11.3 Å². The molecule has 0 fully saturated rings. The lowest BCUT2D eigenvalue weighted by atomic mass is 10.0. The lowest BCUT2D eigenvalue weighted by Crippen LogP contribution is -2.23. The molecule has 0 aliphatic heterocycles. The molecular weight excluding hydrogens is 399 g/mol. The Balaban J connectivity index is 0.00000107. The molecule has 1 heterocycles. The summed E-state index contributed by atoms with van der Waals surface area (Å²) in [7, 11) is 0. The molecular formula is C24H25FN2O4. The number of nitrogens with zero attached hydrogens (tertiary/aromatic N) is 2. The molecule has 0 saturated heterocycles. The highest BCUT2D eigenvalue weighted by molar-refractivity contribution is 5.78. The van der Waals surface area contributed by atoms with Crippen molar-refractivity contribution >= 4 is 23.2 Å². The monoisotopic (exact) mass is 424 g/mol. The van der Waals surface area contributed by atoms with Crippen LogP contribution >= 0.6 is 0 Å². The van der Waals surface area contributed by atoms with Crippen LogP contribution < -0.4 is 0 Å². The van der Waals surface area contributed by atoms with Gasteiger partial charge in [-0.25, -0.2) is 14.4 Å². The molecule has 0 saturated carbocycles. The molecule has 6 nitrogen and oxygen atoms in total. The lowest BCUT2D eigenvalue weighted by molar-refractivity contribution is -0.191. The quantitative estimate of drug-likeness (QED) is 0.413. The van der Waals surface area contributed by atoms with E-state index in [0.717, 1.165) is 23.1 Å². The Labute approximate surface area is 180 Å². The molecule has 0 amide bonds. The summed E-state index contributed by atoms with van der Waals surface area (Å²) in [6.07, 6.45) is 2.75. The minimum Gasteiger partial charge on any atom is -0.460 e. The fourth-order valence-electron chi connectivity index (χ4n) is 3.03. The summed E-state index contributed by atoms with van der Waals surface area (Å²) in [6, 6.07) is 14.1. The fraction of sp³-hybridized carbons (Fsp3) is 0.333. The normalized spacial score (nSPS) is 10.7. The molecule has 31 heavy (non-hydrogen) atoms. The molecule has 2 aromatic carbocycles. The third kappa shape index (κ3) is 7.72. The van der Waals surface area contributed by atoms with Crippen molar-refractivity contribution in [3.05, 3.63) is 60.0 Å². The van der Waals surface area contributed by atoms with Gasteiger partial charge in [0, 0.05) is 12.0 Å². The molecule has 0 unspecified atom stereocenters. The first kappa shape index (κ1) is 23.8. The van der Waals surface area contributed by atoms with Gasteiger partial charge >= 0.3 is 12.1 Å². The summed E-state index contributed by atoms with van der Waals surface area (Å²) in [5.41, 5.74) is 3.33. The van der Waals surface area contributed by atoms with E-state index in [2.05, 4.69) is 0 Å². The number of para-hydroxylation sites is 2. The number of carbonyl (C=O) groups excluding carboxylic acids is 3. The number of aryl methyl sites for hydroxylation is 1. The molecule has 1 aromatic heterocycles. The van der Waals surface area contributed by atoms with Crippen LogP contribution in [0.25, 0.3) is 22.3 Å². The van der Waals surface area contributed by atoms with E-state index in [1.54, 1.807) is 6.07 Å². The van der Waals surface area contributed by atoms with Gasteiger partial charge in [0.15, 0.2) is 0 Å². The first-order chi connectivity index (χ1) is 14.7. The van der Waals surface area contributed by atoms with Crippen molar-refractivity contribution in [1.82, 2.24) is 9.97 Å². The molecule has 3 rings (SSSR count). The Morgan fingerprint density at radius 1 is 1.00 bits per heavy atom. The van der Waals surface area contributed by atoms with Crippen LogP contribution in [0.15, 0.2) is 48.5 Å². The third-order valence-corrected chi connectivity index (χ3v) is 4.21. The molecule has 0 atom stereocenters. The summed E-state index contributed by atoms with van der Waals surface area (Å²) < 4.78 is 19.1. The number of carbonyl (C=O) groups is 1. The Morgan fingerprint density at radius 3 is 2.26 bits per heavy atom. The first-order valence-electron chi connectivity index (χ1n) is 9.96. The Morgan fingerprint density at radius 2 is 1.65 bits per heavy atom. The van der Waals surface area contributed by atoms with Crippen LogP contribution in [-0.4, -0.2) is 27.7 Å². The molecule has 0 radical (unpaired) electrons. The predicted octanol–water partition coefficient (Wildman–Crippen LogP) is 4.91. The second-order valence-electron chi connectivity index (χ2n) is 7.89. The maximum Gasteiger partial charge on any atom is 0.373 e. The highest BCUT2D eigenvalue weighted by Crippen LogP contribution is 2.25. The molecule has 3 aromatic rings. The van der Waals surface area contributed by atoms with Crippen molar-refractivity contribution in [2.45, 2.75) is 52.1 Å². The lowest BCUT2D eigenvalue weighted by Gasteiger charge is -2.19. The van der Waals surface area contributed by atoms with Crippen molar-refractivity contribution < 1.29 is 23.5 Å². The van der Waals surface area contributed by atoms with Gasteiger partial charge in [-0.3, -0.25) is 4.79 Å². The van der Waals surface area contributed by atoms with Crippen molar-refractivity contribution in [2.75, 3.05) is 0 Å². The van der Waals surface area contributed by atoms with Crippen LogP contribution in [0.1, 0.15) is 45.7 Å². The molecule has 7 heteroatoms. The van der Waals surface area contributed by atoms with Crippen molar-refractivity contribution in [3.63, 3.8) is 0 Å². The van der Waals surface area contributed by atoms with E-state index < -0.39 is 5.60 Å². The first-order valence-corrected chi connectivity index (χ1v) is 9.96. The van der Waals surface area contributed by atoms with Gasteiger partial charge in [-0.2, -0.15) is 9.59 Å². The van der Waals surface area contributed by atoms with Crippen molar-refractivity contribution in [2.24, 2.45) is 0 Å². The van der Waals surface area contributed by atoms with Gasteiger partial charge in [0.05, 0.1) is 22.4 Å². The van der Waals surface area contributed by atoms with Gasteiger partial charge in [0.2, 0.25) is 0 Å². The zero-order valence-corrected chi connectivity index (χ0v) is 17.9. The number of aromatic nitrogens is 2. The predicted molar refractivity (Wildman–Crippen MR) is 113 cm³/mol. The Hall–Kier alpha value is -3.44. The highest BCUT2D eigenvalue weighted by atomic mass is 19.1. The zero-order chi connectivity index (χ0) is 22.9. The largest absolute Gasteiger partial charge is 0.460 e. The number of ether oxygens (including phenoxy) is 1. The van der Waals surface area contributed by atoms with Crippen LogP contribution in [-0.2, 0) is 25.5 Å². The summed E-state index contributed by atoms with van der Waals surface area (Å²) in [6.45, 7) is 5.59. The summed E-state index contributed by atoms with van der Waals surface area (Å²) >= 11 is 0. The van der Waals surface area contributed by atoms with Crippen LogP contribution in [0.4, 0.5) is 4.39 Å². The van der Waals surface area contributed by atoms with Crippen LogP contribution in [0, 0.1) is 5.82 Å². The SMILES string of the molecule is CC(C)(C)OC(=O)CCCCc1nc2ccccc2nc1-c1cccc(F)c1.O=C=O. The smallest absolute Gasteiger partial charge is 0.373 e. The van der Waals surface area contributed by atoms with Gasteiger partial charge in [-0.15, -0.1) is 0 Å². The van der Waals surface area contributed by atoms with Crippen LogP contribution in [0.2, 0.25) is 0 Å². The number of hydrogen-bond acceptors (Lipinski definition) is 6. The molecule has 0 spiro atoms. The number of benzene rings is 2. The number of esters is 1. The van der Waals surface area contributed by atoms with E-state index in [4.69, 9.17) is 24.3 Å². The highest BCUT2D eigenvalue weighted by Gasteiger charge is 2.16. The van der Waals surface area contributed by atoms with Gasteiger partial charge in [0.25, 0.3) is 0 Å². The minimum absolute atomic E-state index is 0.192. The van der Waals surface area contributed by atoms with E-state index in [1.807, 2.05) is 51.1 Å². The van der Waals surface area contributed by atoms with Crippen LogP contribution in [0.5, 0.6) is 0 Å². The third-order valence-electron chi connectivity index (χ3n) is 4.21. The fourth-order valence-corrected chi connectivity index (χ4v) is 3.03. The molecule has 0 aliphatic carbocycles. The Bertz CT molecular complexity index is 1070. The zero-order valence-electron chi connectivity index (χ0n) is 17.9. The van der Waals surface area contributed by atoms with Gasteiger partial charge in [-0.1, -0.05) is 24.3 Å². The Kier molecular flexibility index (Phi) is 8.53. The average molecular weight is 424 g/mol. The summed E-state index contributed by atoms with van der Waals surface area (Å²) in [5.74, 6) is -0.495. The number of rotatable bonds is 6. The maximum absolute atomic E-state index is 13.7. The van der Waals surface area contributed by atoms with Crippen LogP contribution in [0.3, 0.4) is 0 Å². The van der Waals surface area contributed by atoms with E-state index in [-0.39, 0.29) is 17.9 Å². The van der Waals surface area contributed by atoms with Gasteiger partial charge in [0.1, 0.15) is 11.4 Å². The molecule has 0 aliphatic rings. The summed E-state index contributed by atoms with van der Waals surface area (Å²) in [5, 5.41) is 0. The second-order valence-corrected chi connectivity index (χ2v) is 7.89. The maximum atomic E-state index is 13.7. The number of hydrogen-bond donors (Lipinski definition) is 0. The molecule has 162 valence electrons. The minimum atomic E-state index is -0.467. The van der Waals surface area contributed by atoms with E-state index in [0.29, 0.717) is 30.5 Å². The number of fused-ring (bicyclic) bond motifs is 1. The second kappa shape index (κ2) is 11.1.